The first-order valence-corrected chi connectivity index (χ1v) is 8.64. The summed E-state index contributed by atoms with van der Waals surface area (Å²) in [5.41, 5.74) is 11.7. The molecular weight excluding hydrogens is 356 g/mol. The number of H-pyrrole nitrogens is 1. The Morgan fingerprint density at radius 1 is 1.41 bits per heavy atom. The number of primary amides is 1. The molecule has 11 heteroatoms. The fourth-order valence-electron chi connectivity index (χ4n) is 3.03. The van der Waals surface area contributed by atoms with Crippen LogP contribution in [0, 0.1) is 0 Å². The number of imidazole rings is 1. The molecule has 3 atom stereocenters. The smallest absolute Gasteiger partial charge is 0.303 e. The number of carbonyl (C=O) groups is 4. The number of nitrogens with one attached hydrogen (secondary N) is 2. The molecule has 0 aromatic carbocycles. The summed E-state index contributed by atoms with van der Waals surface area (Å²) >= 11 is 0. The minimum Gasteiger partial charge on any atom is -0.481 e. The summed E-state index contributed by atoms with van der Waals surface area (Å²) in [6.07, 6.45) is 3.89. The van der Waals surface area contributed by atoms with Crippen molar-refractivity contribution in [2.45, 2.75) is 50.2 Å². The molecule has 148 valence electrons. The highest BCUT2D eigenvalue weighted by atomic mass is 16.4. The number of carboxylic acid groups (broad SMARTS) is 1. The Morgan fingerprint density at radius 3 is 2.74 bits per heavy atom. The van der Waals surface area contributed by atoms with Crippen molar-refractivity contribution in [2.24, 2.45) is 11.5 Å². The Hall–Kier alpha value is -2.95. The van der Waals surface area contributed by atoms with E-state index in [9.17, 15) is 19.2 Å². The van der Waals surface area contributed by atoms with Gasteiger partial charge in [0.15, 0.2) is 0 Å². The van der Waals surface area contributed by atoms with Crippen molar-refractivity contribution in [3.05, 3.63) is 18.2 Å². The molecule has 11 nitrogen and oxygen atoms in total. The minimum absolute atomic E-state index is 0.0558. The molecule has 1 fully saturated rings. The fourth-order valence-corrected chi connectivity index (χ4v) is 3.03. The van der Waals surface area contributed by atoms with E-state index in [-0.39, 0.29) is 19.3 Å². The maximum atomic E-state index is 12.9. The molecule has 0 aliphatic carbocycles. The summed E-state index contributed by atoms with van der Waals surface area (Å²) in [5.74, 6) is -2.73. The molecule has 2 heterocycles. The molecule has 0 spiro atoms. The van der Waals surface area contributed by atoms with E-state index < -0.39 is 41.8 Å². The van der Waals surface area contributed by atoms with Gasteiger partial charge in [-0.05, 0) is 19.3 Å². The van der Waals surface area contributed by atoms with Crippen molar-refractivity contribution in [3.63, 3.8) is 0 Å². The quantitative estimate of drug-likeness (QED) is 0.331. The molecule has 0 saturated carbocycles. The van der Waals surface area contributed by atoms with Crippen LogP contribution in [-0.2, 0) is 25.6 Å². The molecule has 7 N–H and O–H groups in total. The summed E-state index contributed by atoms with van der Waals surface area (Å²) in [5, 5.41) is 11.3. The summed E-state index contributed by atoms with van der Waals surface area (Å²) in [6, 6.07) is -2.75. The van der Waals surface area contributed by atoms with Gasteiger partial charge in [-0.2, -0.15) is 0 Å². The summed E-state index contributed by atoms with van der Waals surface area (Å²) in [7, 11) is 0. The van der Waals surface area contributed by atoms with Crippen molar-refractivity contribution < 1.29 is 24.3 Å². The SMILES string of the molecule is NC(=O)[C@H]1CCCN1C(=O)[C@H](Cc1cnc[nH]1)NC(=O)[C@H](N)CCC(=O)O. The number of aromatic nitrogens is 2. The number of carbonyl (C=O) groups excluding carboxylic acids is 3. The van der Waals surface area contributed by atoms with Gasteiger partial charge in [0.25, 0.3) is 0 Å². The zero-order valence-corrected chi connectivity index (χ0v) is 14.8. The number of hydrogen-bond acceptors (Lipinski definition) is 6. The number of hydrogen-bond donors (Lipinski definition) is 5. The van der Waals surface area contributed by atoms with Crippen LogP contribution in [0.3, 0.4) is 0 Å². The van der Waals surface area contributed by atoms with Crippen LogP contribution in [0.1, 0.15) is 31.4 Å². The van der Waals surface area contributed by atoms with Crippen LogP contribution in [0.2, 0.25) is 0 Å². The van der Waals surface area contributed by atoms with Crippen molar-refractivity contribution in [2.75, 3.05) is 6.54 Å². The molecule has 1 aromatic rings. The van der Waals surface area contributed by atoms with E-state index in [1.54, 1.807) is 0 Å². The van der Waals surface area contributed by atoms with Gasteiger partial charge in [0, 0.05) is 31.3 Å². The maximum Gasteiger partial charge on any atom is 0.303 e. The largest absolute Gasteiger partial charge is 0.481 e. The van der Waals surface area contributed by atoms with Crippen LogP contribution < -0.4 is 16.8 Å². The van der Waals surface area contributed by atoms with Gasteiger partial charge in [-0.1, -0.05) is 0 Å². The van der Waals surface area contributed by atoms with Crippen LogP contribution in [0.15, 0.2) is 12.5 Å². The fraction of sp³-hybridized carbons (Fsp3) is 0.562. The first-order valence-electron chi connectivity index (χ1n) is 8.64. The highest BCUT2D eigenvalue weighted by Gasteiger charge is 2.37. The Kier molecular flexibility index (Phi) is 6.88. The maximum absolute atomic E-state index is 12.9. The second-order valence-electron chi connectivity index (χ2n) is 6.47. The number of carboxylic acids is 1. The molecule has 1 aliphatic heterocycles. The van der Waals surface area contributed by atoms with Gasteiger partial charge in [-0.3, -0.25) is 19.2 Å². The molecule has 1 aromatic heterocycles. The van der Waals surface area contributed by atoms with E-state index in [1.807, 2.05) is 0 Å². The first kappa shape index (κ1) is 20.4. The van der Waals surface area contributed by atoms with Crippen molar-refractivity contribution in [1.29, 1.82) is 0 Å². The van der Waals surface area contributed by atoms with Crippen molar-refractivity contribution >= 4 is 23.7 Å². The normalized spacial score (nSPS) is 18.7. The summed E-state index contributed by atoms with van der Waals surface area (Å²) in [6.45, 7) is 0.368. The van der Waals surface area contributed by atoms with Gasteiger partial charge >= 0.3 is 5.97 Å². The highest BCUT2D eigenvalue weighted by Crippen LogP contribution is 2.19. The Morgan fingerprint density at radius 2 is 2.15 bits per heavy atom. The predicted octanol–water partition coefficient (Wildman–Crippen LogP) is -1.89. The topological polar surface area (TPSA) is 184 Å². The van der Waals surface area contributed by atoms with E-state index in [2.05, 4.69) is 15.3 Å². The van der Waals surface area contributed by atoms with E-state index in [4.69, 9.17) is 16.6 Å². The number of nitrogens with zero attached hydrogens (tertiary/aromatic N) is 2. The predicted molar refractivity (Wildman–Crippen MR) is 93.0 cm³/mol. The van der Waals surface area contributed by atoms with Gasteiger partial charge in [-0.25, -0.2) is 4.98 Å². The number of aliphatic carboxylic acids is 1. The summed E-state index contributed by atoms with van der Waals surface area (Å²) < 4.78 is 0. The third-order valence-corrected chi connectivity index (χ3v) is 4.46. The van der Waals surface area contributed by atoms with E-state index in [1.165, 1.54) is 17.4 Å². The third kappa shape index (κ3) is 5.51. The van der Waals surface area contributed by atoms with E-state index >= 15 is 0 Å². The van der Waals surface area contributed by atoms with Crippen LogP contribution >= 0.6 is 0 Å². The monoisotopic (exact) mass is 380 g/mol. The van der Waals surface area contributed by atoms with Crippen LogP contribution in [-0.4, -0.2) is 68.3 Å². The Labute approximate surface area is 155 Å². The second kappa shape index (κ2) is 9.12. The number of likely N-dealkylation sites (tertiary alicyclic amines) is 1. The Balaban J connectivity index is 2.11. The standard InChI is InChI=1S/C16H24N6O5/c17-10(3-4-13(23)24)15(26)21-11(6-9-7-19-8-20-9)16(27)22-5-1-2-12(22)14(18)25/h7-8,10-12H,1-6,17H2,(H2,18,25)(H,19,20)(H,21,26)(H,23,24)/t10-,11+,12-/m1/s1. The average Bonchev–Trinajstić information content (AvgIpc) is 3.29. The van der Waals surface area contributed by atoms with E-state index in [0.717, 1.165) is 0 Å². The molecule has 1 aliphatic rings. The molecule has 2 rings (SSSR count). The van der Waals surface area contributed by atoms with Crippen LogP contribution in [0.4, 0.5) is 0 Å². The minimum atomic E-state index is -1.07. The van der Waals surface area contributed by atoms with Gasteiger partial charge in [0.2, 0.25) is 17.7 Å². The lowest BCUT2D eigenvalue weighted by Gasteiger charge is -2.28. The van der Waals surface area contributed by atoms with Gasteiger partial charge in [0.1, 0.15) is 12.1 Å². The lowest BCUT2D eigenvalue weighted by atomic mass is 10.1. The average molecular weight is 380 g/mol. The number of aromatic amines is 1. The molecule has 0 radical (unpaired) electrons. The van der Waals surface area contributed by atoms with Crippen LogP contribution in [0.25, 0.3) is 0 Å². The first-order chi connectivity index (χ1) is 12.8. The number of rotatable bonds is 9. The molecule has 1 saturated heterocycles. The highest BCUT2D eigenvalue weighted by molar-refractivity contribution is 5.93. The van der Waals surface area contributed by atoms with Crippen LogP contribution in [0.5, 0.6) is 0 Å². The lowest BCUT2D eigenvalue weighted by molar-refractivity contribution is -0.141. The molecule has 27 heavy (non-hydrogen) atoms. The second-order valence-corrected chi connectivity index (χ2v) is 6.47. The zero-order valence-electron chi connectivity index (χ0n) is 14.8. The molecule has 3 amide bonds. The lowest BCUT2D eigenvalue weighted by Crippen LogP contribution is -2.56. The van der Waals surface area contributed by atoms with Gasteiger partial charge in [0.05, 0.1) is 12.4 Å². The van der Waals surface area contributed by atoms with Gasteiger partial charge in [-0.15, -0.1) is 0 Å². The molecule has 0 unspecified atom stereocenters. The molecular formula is C16H24N6O5. The van der Waals surface area contributed by atoms with Crippen molar-refractivity contribution in [3.8, 4) is 0 Å². The number of amides is 3. The summed E-state index contributed by atoms with van der Waals surface area (Å²) in [4.78, 5) is 55.6. The number of nitrogens with two attached hydrogens (primary N) is 2. The van der Waals surface area contributed by atoms with Gasteiger partial charge < -0.3 is 31.8 Å². The van der Waals surface area contributed by atoms with E-state index in [0.29, 0.717) is 25.1 Å². The molecule has 0 bridgehead atoms. The zero-order chi connectivity index (χ0) is 20.0. The van der Waals surface area contributed by atoms with Crippen molar-refractivity contribution in [1.82, 2.24) is 20.2 Å². The third-order valence-electron chi connectivity index (χ3n) is 4.46. The Bertz CT molecular complexity index is 691.